The van der Waals surface area contributed by atoms with Crippen LogP contribution in [-0.2, 0) is 7.05 Å². The Morgan fingerprint density at radius 1 is 1.58 bits per heavy atom. The van der Waals surface area contributed by atoms with E-state index in [0.717, 1.165) is 28.9 Å². The van der Waals surface area contributed by atoms with E-state index in [1.54, 1.807) is 18.4 Å². The van der Waals surface area contributed by atoms with Crippen LogP contribution in [0, 0.1) is 0 Å². The SMILES string of the molecule is CCCNC(c1cc(OC)cs1)c1c(Br)cnn1C. The fraction of sp³-hybridized carbons (Fsp3) is 0.462. The monoisotopic (exact) mass is 343 g/mol. The van der Waals surface area contributed by atoms with Crippen LogP contribution in [0.15, 0.2) is 22.1 Å². The lowest BCUT2D eigenvalue weighted by molar-refractivity contribution is 0.416. The van der Waals surface area contributed by atoms with E-state index in [4.69, 9.17) is 4.74 Å². The first-order chi connectivity index (χ1) is 9.17. The highest BCUT2D eigenvalue weighted by Gasteiger charge is 2.22. The summed E-state index contributed by atoms with van der Waals surface area (Å²) in [5.74, 6) is 0.904. The van der Waals surface area contributed by atoms with E-state index >= 15 is 0 Å². The quantitative estimate of drug-likeness (QED) is 0.874. The van der Waals surface area contributed by atoms with Gasteiger partial charge in [-0.2, -0.15) is 5.10 Å². The summed E-state index contributed by atoms with van der Waals surface area (Å²) in [4.78, 5) is 1.23. The molecule has 0 amide bonds. The number of aryl methyl sites for hydroxylation is 1. The minimum Gasteiger partial charge on any atom is -0.496 e. The number of methoxy groups -OCH3 is 1. The summed E-state index contributed by atoms with van der Waals surface area (Å²) < 4.78 is 8.21. The zero-order valence-electron chi connectivity index (χ0n) is 11.3. The Labute approximate surface area is 125 Å². The van der Waals surface area contributed by atoms with Gasteiger partial charge in [0, 0.05) is 17.3 Å². The molecule has 2 rings (SSSR count). The summed E-state index contributed by atoms with van der Waals surface area (Å²) in [5.41, 5.74) is 1.14. The Hall–Kier alpha value is -0.850. The van der Waals surface area contributed by atoms with Gasteiger partial charge in [-0.3, -0.25) is 4.68 Å². The molecule has 1 N–H and O–H groups in total. The average molecular weight is 344 g/mol. The fourth-order valence-electron chi connectivity index (χ4n) is 1.96. The van der Waals surface area contributed by atoms with Gasteiger partial charge in [0.05, 0.1) is 29.5 Å². The van der Waals surface area contributed by atoms with Crippen molar-refractivity contribution in [2.24, 2.45) is 7.05 Å². The highest BCUT2D eigenvalue weighted by molar-refractivity contribution is 9.10. The molecule has 2 heterocycles. The van der Waals surface area contributed by atoms with Crippen LogP contribution in [0.4, 0.5) is 0 Å². The van der Waals surface area contributed by atoms with Gasteiger partial charge in [-0.1, -0.05) is 6.92 Å². The minimum absolute atomic E-state index is 0.135. The molecular formula is C13H18BrN3OS. The lowest BCUT2D eigenvalue weighted by Crippen LogP contribution is -2.24. The van der Waals surface area contributed by atoms with Crippen molar-refractivity contribution in [1.82, 2.24) is 15.1 Å². The largest absolute Gasteiger partial charge is 0.496 e. The molecule has 2 aromatic heterocycles. The number of nitrogens with one attached hydrogen (secondary N) is 1. The van der Waals surface area contributed by atoms with E-state index in [1.807, 2.05) is 23.3 Å². The third kappa shape index (κ3) is 3.19. The smallest absolute Gasteiger partial charge is 0.129 e. The van der Waals surface area contributed by atoms with Crippen molar-refractivity contribution in [2.45, 2.75) is 19.4 Å². The molecule has 2 aromatic rings. The molecule has 104 valence electrons. The second-order valence-corrected chi connectivity index (χ2v) is 6.07. The van der Waals surface area contributed by atoms with Crippen LogP contribution in [0.5, 0.6) is 5.75 Å². The van der Waals surface area contributed by atoms with E-state index < -0.39 is 0 Å². The molecule has 0 aliphatic rings. The molecule has 0 bridgehead atoms. The van der Waals surface area contributed by atoms with Crippen LogP contribution in [0.2, 0.25) is 0 Å². The van der Waals surface area contributed by atoms with Crippen molar-refractivity contribution in [3.63, 3.8) is 0 Å². The van der Waals surface area contributed by atoms with Crippen LogP contribution in [0.1, 0.15) is 30.0 Å². The number of halogens is 1. The molecule has 4 nitrogen and oxygen atoms in total. The van der Waals surface area contributed by atoms with Crippen molar-refractivity contribution in [1.29, 1.82) is 0 Å². The summed E-state index contributed by atoms with van der Waals surface area (Å²) in [6.07, 6.45) is 2.93. The summed E-state index contributed by atoms with van der Waals surface area (Å²) in [6, 6.07) is 2.22. The number of hydrogen-bond donors (Lipinski definition) is 1. The molecule has 0 aromatic carbocycles. The molecule has 19 heavy (non-hydrogen) atoms. The maximum absolute atomic E-state index is 5.28. The van der Waals surface area contributed by atoms with Crippen molar-refractivity contribution >= 4 is 27.3 Å². The van der Waals surface area contributed by atoms with Gasteiger partial charge in [0.25, 0.3) is 0 Å². The van der Waals surface area contributed by atoms with Gasteiger partial charge in [-0.05, 0) is 35.0 Å². The number of aromatic nitrogens is 2. The van der Waals surface area contributed by atoms with E-state index in [-0.39, 0.29) is 6.04 Å². The summed E-state index contributed by atoms with van der Waals surface area (Å²) in [6.45, 7) is 3.12. The number of rotatable bonds is 6. The summed E-state index contributed by atoms with van der Waals surface area (Å²) in [5, 5.41) is 9.90. The number of hydrogen-bond acceptors (Lipinski definition) is 4. The van der Waals surface area contributed by atoms with Gasteiger partial charge in [-0.25, -0.2) is 0 Å². The first-order valence-electron chi connectivity index (χ1n) is 6.20. The molecule has 0 aliphatic carbocycles. The third-order valence-electron chi connectivity index (χ3n) is 2.93. The van der Waals surface area contributed by atoms with Crippen molar-refractivity contribution in [2.75, 3.05) is 13.7 Å². The lowest BCUT2D eigenvalue weighted by Gasteiger charge is -2.18. The van der Waals surface area contributed by atoms with Gasteiger partial charge in [0.2, 0.25) is 0 Å². The Kier molecular flexibility index (Phi) is 5.01. The van der Waals surface area contributed by atoms with E-state index in [0.29, 0.717) is 0 Å². The van der Waals surface area contributed by atoms with Crippen molar-refractivity contribution < 1.29 is 4.74 Å². The van der Waals surface area contributed by atoms with E-state index in [1.165, 1.54) is 4.88 Å². The maximum atomic E-state index is 5.28. The van der Waals surface area contributed by atoms with E-state index in [2.05, 4.69) is 39.3 Å². The zero-order chi connectivity index (χ0) is 13.8. The zero-order valence-corrected chi connectivity index (χ0v) is 13.7. The first kappa shape index (κ1) is 14.6. The Morgan fingerprint density at radius 3 is 2.89 bits per heavy atom. The lowest BCUT2D eigenvalue weighted by atomic mass is 10.1. The third-order valence-corrected chi connectivity index (χ3v) is 4.51. The molecule has 0 radical (unpaired) electrons. The fourth-order valence-corrected chi connectivity index (χ4v) is 3.47. The van der Waals surface area contributed by atoms with Crippen molar-refractivity contribution in [3.05, 3.63) is 32.7 Å². The van der Waals surface area contributed by atoms with E-state index in [9.17, 15) is 0 Å². The van der Waals surface area contributed by atoms with Crippen LogP contribution >= 0.6 is 27.3 Å². The molecular weight excluding hydrogens is 326 g/mol. The van der Waals surface area contributed by atoms with Crippen molar-refractivity contribution in [3.8, 4) is 5.75 Å². The molecule has 0 spiro atoms. The molecule has 0 saturated heterocycles. The predicted molar refractivity (Wildman–Crippen MR) is 81.9 cm³/mol. The Balaban J connectivity index is 2.35. The normalized spacial score (nSPS) is 12.6. The van der Waals surface area contributed by atoms with Crippen LogP contribution in [0.3, 0.4) is 0 Å². The molecule has 6 heteroatoms. The maximum Gasteiger partial charge on any atom is 0.129 e. The van der Waals surface area contributed by atoms with Gasteiger partial charge in [0.1, 0.15) is 5.75 Å². The second-order valence-electron chi connectivity index (χ2n) is 4.28. The molecule has 1 atom stereocenters. The summed E-state index contributed by atoms with van der Waals surface area (Å²) >= 11 is 5.28. The van der Waals surface area contributed by atoms with Gasteiger partial charge in [-0.15, -0.1) is 11.3 Å². The molecule has 0 aliphatic heterocycles. The number of thiophene rings is 1. The van der Waals surface area contributed by atoms with Gasteiger partial charge < -0.3 is 10.1 Å². The second kappa shape index (κ2) is 6.54. The standard InChI is InChI=1S/C13H18BrN3OS/c1-4-5-15-12(11-6-9(18-3)8-19-11)13-10(14)7-16-17(13)2/h6-8,12,15H,4-5H2,1-3H3. The summed E-state index contributed by atoms with van der Waals surface area (Å²) in [7, 11) is 3.66. The number of nitrogens with zero attached hydrogens (tertiary/aromatic N) is 2. The van der Waals surface area contributed by atoms with Crippen LogP contribution in [-0.4, -0.2) is 23.4 Å². The molecule has 0 saturated carbocycles. The Morgan fingerprint density at radius 2 is 2.37 bits per heavy atom. The van der Waals surface area contributed by atoms with Gasteiger partial charge >= 0.3 is 0 Å². The topological polar surface area (TPSA) is 39.1 Å². The van der Waals surface area contributed by atoms with Gasteiger partial charge in [0.15, 0.2) is 0 Å². The average Bonchev–Trinajstić information content (AvgIpc) is 3.00. The minimum atomic E-state index is 0.135. The number of ether oxygens (including phenoxy) is 1. The first-order valence-corrected chi connectivity index (χ1v) is 7.87. The molecule has 1 unspecified atom stereocenters. The Bertz CT molecular complexity index is 518. The highest BCUT2D eigenvalue weighted by Crippen LogP contribution is 2.33. The van der Waals surface area contributed by atoms with Crippen LogP contribution in [0.25, 0.3) is 0 Å². The molecule has 0 fully saturated rings. The van der Waals surface area contributed by atoms with Crippen LogP contribution < -0.4 is 10.1 Å². The highest BCUT2D eigenvalue weighted by atomic mass is 79.9. The predicted octanol–water partition coefficient (Wildman–Crippen LogP) is 3.34.